The van der Waals surface area contributed by atoms with E-state index < -0.39 is 0 Å². The van der Waals surface area contributed by atoms with Crippen molar-refractivity contribution in [2.24, 2.45) is 0 Å². The number of rotatable bonds is 6. The third kappa shape index (κ3) is 4.13. The Morgan fingerprint density at radius 2 is 1.86 bits per heavy atom. The maximum atomic E-state index is 9.74. The van der Waals surface area contributed by atoms with Gasteiger partial charge in [-0.1, -0.05) is 30.3 Å². The molecule has 0 saturated heterocycles. The van der Waals surface area contributed by atoms with Gasteiger partial charge < -0.3 is 10.2 Å². The minimum Gasteiger partial charge on any atom is -0.396 e. The Morgan fingerprint density at radius 3 is 2.50 bits per heavy atom. The molecule has 0 spiro atoms. The average molecular weight is 212 g/mol. The van der Waals surface area contributed by atoms with Gasteiger partial charge in [0.2, 0.25) is 0 Å². The standard InChI is InChI=1S/C11H16O2S/c12-7-9-14-8-6-11(13)10-4-2-1-3-5-10/h1-5,11-13H,6-9H2. The molecule has 0 aromatic heterocycles. The summed E-state index contributed by atoms with van der Waals surface area (Å²) >= 11 is 1.67. The smallest absolute Gasteiger partial charge is 0.0797 e. The van der Waals surface area contributed by atoms with Crippen LogP contribution in [0.25, 0.3) is 0 Å². The van der Waals surface area contributed by atoms with E-state index in [4.69, 9.17) is 5.11 Å². The lowest BCUT2D eigenvalue weighted by Crippen LogP contribution is -1.99. The second-order valence-electron chi connectivity index (χ2n) is 3.05. The summed E-state index contributed by atoms with van der Waals surface area (Å²) in [4.78, 5) is 0. The van der Waals surface area contributed by atoms with Crippen LogP contribution in [0, 0.1) is 0 Å². The van der Waals surface area contributed by atoms with Crippen LogP contribution in [0.4, 0.5) is 0 Å². The predicted octanol–water partition coefficient (Wildman–Crippen LogP) is 1.84. The zero-order valence-electron chi connectivity index (χ0n) is 8.10. The summed E-state index contributed by atoms with van der Waals surface area (Å²) in [5.41, 5.74) is 0.970. The Balaban J connectivity index is 2.25. The number of aliphatic hydroxyl groups is 2. The minimum absolute atomic E-state index is 0.214. The van der Waals surface area contributed by atoms with Crippen LogP contribution in [0.5, 0.6) is 0 Å². The van der Waals surface area contributed by atoms with Crippen LogP contribution in [-0.2, 0) is 0 Å². The van der Waals surface area contributed by atoms with Gasteiger partial charge >= 0.3 is 0 Å². The van der Waals surface area contributed by atoms with E-state index in [9.17, 15) is 5.11 Å². The molecule has 0 fully saturated rings. The van der Waals surface area contributed by atoms with Crippen LogP contribution in [-0.4, -0.2) is 28.3 Å². The summed E-state index contributed by atoms with van der Waals surface area (Å²) < 4.78 is 0. The lowest BCUT2D eigenvalue weighted by molar-refractivity contribution is 0.175. The second kappa shape index (κ2) is 6.87. The van der Waals surface area contributed by atoms with E-state index in [0.717, 1.165) is 23.5 Å². The highest BCUT2D eigenvalue weighted by atomic mass is 32.2. The molecule has 1 aromatic carbocycles. The number of hydrogen-bond donors (Lipinski definition) is 2. The van der Waals surface area contributed by atoms with Gasteiger partial charge in [-0.2, -0.15) is 11.8 Å². The third-order valence-electron chi connectivity index (χ3n) is 1.96. The number of hydrogen-bond acceptors (Lipinski definition) is 3. The van der Waals surface area contributed by atoms with E-state index in [2.05, 4.69) is 0 Å². The molecule has 1 atom stereocenters. The molecule has 1 aromatic rings. The van der Waals surface area contributed by atoms with E-state index in [1.807, 2.05) is 30.3 Å². The number of thioether (sulfide) groups is 1. The molecule has 78 valence electrons. The average Bonchev–Trinajstić information content (AvgIpc) is 2.25. The van der Waals surface area contributed by atoms with Gasteiger partial charge in [-0.3, -0.25) is 0 Å². The van der Waals surface area contributed by atoms with Crippen molar-refractivity contribution in [1.29, 1.82) is 0 Å². The van der Waals surface area contributed by atoms with Gasteiger partial charge in [0, 0.05) is 5.75 Å². The molecule has 0 aliphatic carbocycles. The molecule has 0 radical (unpaired) electrons. The van der Waals surface area contributed by atoms with Crippen molar-refractivity contribution < 1.29 is 10.2 Å². The van der Waals surface area contributed by atoms with Crippen LogP contribution < -0.4 is 0 Å². The van der Waals surface area contributed by atoms with Crippen molar-refractivity contribution in [3.63, 3.8) is 0 Å². The molecule has 2 N–H and O–H groups in total. The zero-order valence-corrected chi connectivity index (χ0v) is 8.91. The Kier molecular flexibility index (Phi) is 5.68. The predicted molar refractivity (Wildman–Crippen MR) is 60.4 cm³/mol. The quantitative estimate of drug-likeness (QED) is 0.707. The maximum Gasteiger partial charge on any atom is 0.0797 e. The van der Waals surface area contributed by atoms with Gasteiger partial charge in [0.15, 0.2) is 0 Å². The van der Waals surface area contributed by atoms with Crippen molar-refractivity contribution in [1.82, 2.24) is 0 Å². The highest BCUT2D eigenvalue weighted by Gasteiger charge is 2.05. The SMILES string of the molecule is OCCSCCC(O)c1ccccc1. The minimum atomic E-state index is -0.373. The fourth-order valence-corrected chi connectivity index (χ4v) is 1.93. The first-order chi connectivity index (χ1) is 6.84. The summed E-state index contributed by atoms with van der Waals surface area (Å²) in [5, 5.41) is 18.3. The van der Waals surface area contributed by atoms with Gasteiger partial charge in [0.05, 0.1) is 12.7 Å². The summed E-state index contributed by atoms with van der Waals surface area (Å²) in [6.45, 7) is 0.214. The molecule has 0 saturated carbocycles. The molecule has 0 aliphatic heterocycles. The van der Waals surface area contributed by atoms with Gasteiger partial charge in [-0.05, 0) is 17.7 Å². The van der Waals surface area contributed by atoms with Gasteiger partial charge in [-0.15, -0.1) is 0 Å². The van der Waals surface area contributed by atoms with Crippen LogP contribution in [0.1, 0.15) is 18.1 Å². The largest absolute Gasteiger partial charge is 0.396 e. The van der Waals surface area contributed by atoms with E-state index in [1.165, 1.54) is 0 Å². The van der Waals surface area contributed by atoms with Gasteiger partial charge in [-0.25, -0.2) is 0 Å². The molecule has 2 nitrogen and oxygen atoms in total. The topological polar surface area (TPSA) is 40.5 Å². The monoisotopic (exact) mass is 212 g/mol. The van der Waals surface area contributed by atoms with Crippen molar-refractivity contribution in [3.05, 3.63) is 35.9 Å². The van der Waals surface area contributed by atoms with Gasteiger partial charge in [0.25, 0.3) is 0 Å². The van der Waals surface area contributed by atoms with Crippen molar-refractivity contribution in [3.8, 4) is 0 Å². The first kappa shape index (κ1) is 11.6. The fraction of sp³-hybridized carbons (Fsp3) is 0.455. The lowest BCUT2D eigenvalue weighted by atomic mass is 10.1. The molecule has 0 bridgehead atoms. The lowest BCUT2D eigenvalue weighted by Gasteiger charge is -2.09. The molecule has 0 heterocycles. The molecule has 1 rings (SSSR count). The van der Waals surface area contributed by atoms with Crippen LogP contribution in [0.2, 0.25) is 0 Å². The Bertz CT molecular complexity index is 238. The molecule has 3 heteroatoms. The first-order valence-electron chi connectivity index (χ1n) is 4.76. The molecule has 1 unspecified atom stereocenters. The third-order valence-corrected chi connectivity index (χ3v) is 2.95. The molecular formula is C11H16O2S. The Labute approximate surface area is 89.0 Å². The summed E-state index contributed by atoms with van der Waals surface area (Å²) in [6.07, 6.45) is 0.372. The van der Waals surface area contributed by atoms with Gasteiger partial charge in [0.1, 0.15) is 0 Å². The molecule has 14 heavy (non-hydrogen) atoms. The Hall–Kier alpha value is -0.510. The first-order valence-corrected chi connectivity index (χ1v) is 5.91. The second-order valence-corrected chi connectivity index (χ2v) is 4.28. The van der Waals surface area contributed by atoms with Crippen molar-refractivity contribution in [2.75, 3.05) is 18.1 Å². The summed E-state index contributed by atoms with van der Waals surface area (Å²) in [7, 11) is 0. The van der Waals surface area contributed by atoms with Crippen molar-refractivity contribution >= 4 is 11.8 Å². The zero-order chi connectivity index (χ0) is 10.2. The normalized spacial score (nSPS) is 12.7. The summed E-state index contributed by atoms with van der Waals surface area (Å²) in [5.74, 6) is 1.64. The van der Waals surface area contributed by atoms with Crippen LogP contribution >= 0.6 is 11.8 Å². The number of aliphatic hydroxyl groups excluding tert-OH is 2. The van der Waals surface area contributed by atoms with E-state index in [-0.39, 0.29) is 12.7 Å². The Morgan fingerprint density at radius 1 is 1.14 bits per heavy atom. The maximum absolute atomic E-state index is 9.74. The van der Waals surface area contributed by atoms with E-state index >= 15 is 0 Å². The summed E-state index contributed by atoms with van der Waals surface area (Å²) in [6, 6.07) is 9.67. The molecular weight excluding hydrogens is 196 g/mol. The van der Waals surface area contributed by atoms with Crippen LogP contribution in [0.15, 0.2) is 30.3 Å². The van der Waals surface area contributed by atoms with Crippen LogP contribution in [0.3, 0.4) is 0 Å². The van der Waals surface area contributed by atoms with E-state index in [1.54, 1.807) is 11.8 Å². The molecule has 0 amide bonds. The number of benzene rings is 1. The highest BCUT2D eigenvalue weighted by molar-refractivity contribution is 7.99. The molecule has 0 aliphatic rings. The van der Waals surface area contributed by atoms with E-state index in [0.29, 0.717) is 0 Å². The van der Waals surface area contributed by atoms with Crippen molar-refractivity contribution in [2.45, 2.75) is 12.5 Å². The highest BCUT2D eigenvalue weighted by Crippen LogP contribution is 2.18. The fourth-order valence-electron chi connectivity index (χ4n) is 1.20.